The molecule has 0 saturated heterocycles. The minimum atomic E-state index is 0.0415. The van der Waals surface area contributed by atoms with Gasteiger partial charge in [0.1, 0.15) is 5.52 Å². The second-order valence-electron chi connectivity index (χ2n) is 9.67. The molecule has 5 heteroatoms. The van der Waals surface area contributed by atoms with E-state index in [2.05, 4.69) is 79.1 Å². The molecule has 2 aliphatic rings. The van der Waals surface area contributed by atoms with E-state index in [1.165, 1.54) is 36.8 Å². The van der Waals surface area contributed by atoms with Gasteiger partial charge >= 0.3 is 0 Å². The molecule has 0 radical (unpaired) electrons. The van der Waals surface area contributed by atoms with E-state index in [0.29, 0.717) is 12.6 Å². The number of aromatic nitrogens is 3. The Hall–Kier alpha value is -2.82. The number of aliphatic imine (C=N–C) groups is 2. The van der Waals surface area contributed by atoms with Crippen molar-refractivity contribution < 1.29 is 0 Å². The molecule has 1 saturated carbocycles. The Morgan fingerprint density at radius 3 is 2.57 bits per heavy atom. The minimum Gasteiger partial charge on any atom is -0.260 e. The van der Waals surface area contributed by atoms with Gasteiger partial charge in [0.05, 0.1) is 23.8 Å². The molecule has 0 spiro atoms. The van der Waals surface area contributed by atoms with E-state index in [1.807, 2.05) is 0 Å². The lowest BCUT2D eigenvalue weighted by atomic mass is 9.82. The molecule has 2 heterocycles. The molecule has 0 bridgehead atoms. The molecule has 154 valence electrons. The first-order valence-corrected chi connectivity index (χ1v) is 11.0. The van der Waals surface area contributed by atoms with Gasteiger partial charge in [-0.1, -0.05) is 68.7 Å². The summed E-state index contributed by atoms with van der Waals surface area (Å²) in [7, 11) is 0. The Bertz CT molecular complexity index is 1170. The zero-order valence-corrected chi connectivity index (χ0v) is 18.3. The number of rotatable bonds is 3. The molecule has 5 rings (SSSR count). The highest BCUT2D eigenvalue weighted by molar-refractivity contribution is 6.18. The maximum atomic E-state index is 4.94. The molecule has 0 N–H and O–H groups in total. The van der Waals surface area contributed by atoms with Gasteiger partial charge in [-0.25, -0.2) is 9.67 Å². The molecule has 3 aromatic rings. The SMILES string of the molecule is Cc1ccc(C2=NCC(c3ccc4c(c3)nnn4C3CCCC3)=N2)c(C(C)(C)C)c1. The summed E-state index contributed by atoms with van der Waals surface area (Å²) in [6.07, 6.45) is 4.99. The van der Waals surface area contributed by atoms with Crippen molar-refractivity contribution in [3.8, 4) is 0 Å². The molecular weight excluding hydrogens is 370 g/mol. The number of fused-ring (bicyclic) bond motifs is 1. The summed E-state index contributed by atoms with van der Waals surface area (Å²) in [4.78, 5) is 9.72. The van der Waals surface area contributed by atoms with Gasteiger partial charge in [-0.15, -0.1) is 5.10 Å². The van der Waals surface area contributed by atoms with Crippen LogP contribution in [0.4, 0.5) is 0 Å². The summed E-state index contributed by atoms with van der Waals surface area (Å²) in [6.45, 7) is 9.47. The van der Waals surface area contributed by atoms with Crippen molar-refractivity contribution in [3.05, 3.63) is 58.7 Å². The number of amidine groups is 1. The van der Waals surface area contributed by atoms with Crippen molar-refractivity contribution >= 4 is 22.6 Å². The Morgan fingerprint density at radius 2 is 1.80 bits per heavy atom. The van der Waals surface area contributed by atoms with Gasteiger partial charge in [0.15, 0.2) is 5.84 Å². The van der Waals surface area contributed by atoms with Crippen LogP contribution in [0.1, 0.15) is 74.8 Å². The Balaban J connectivity index is 1.47. The van der Waals surface area contributed by atoms with Crippen LogP contribution in [0.3, 0.4) is 0 Å². The molecule has 1 aromatic heterocycles. The molecule has 1 aliphatic carbocycles. The maximum absolute atomic E-state index is 4.94. The first-order chi connectivity index (χ1) is 14.4. The van der Waals surface area contributed by atoms with Crippen LogP contribution in [0.15, 0.2) is 46.4 Å². The summed E-state index contributed by atoms with van der Waals surface area (Å²) in [6, 6.07) is 13.5. The monoisotopic (exact) mass is 399 g/mol. The molecular formula is C25H29N5. The van der Waals surface area contributed by atoms with E-state index in [1.54, 1.807) is 0 Å². The predicted molar refractivity (Wildman–Crippen MR) is 123 cm³/mol. The minimum absolute atomic E-state index is 0.0415. The summed E-state index contributed by atoms with van der Waals surface area (Å²) in [5.74, 6) is 0.838. The average Bonchev–Trinajstić information content (AvgIpc) is 3.46. The van der Waals surface area contributed by atoms with Crippen molar-refractivity contribution in [1.29, 1.82) is 0 Å². The summed E-state index contributed by atoms with van der Waals surface area (Å²) in [5.41, 5.74) is 7.90. The third-order valence-electron chi connectivity index (χ3n) is 6.32. The van der Waals surface area contributed by atoms with Gasteiger partial charge in [-0.05, 0) is 42.9 Å². The third-order valence-corrected chi connectivity index (χ3v) is 6.32. The Labute approximate surface area is 177 Å². The zero-order valence-electron chi connectivity index (χ0n) is 18.3. The van der Waals surface area contributed by atoms with Crippen LogP contribution in [-0.2, 0) is 5.41 Å². The van der Waals surface area contributed by atoms with E-state index in [-0.39, 0.29) is 5.41 Å². The lowest BCUT2D eigenvalue weighted by molar-refractivity contribution is 0.467. The van der Waals surface area contributed by atoms with Crippen LogP contribution < -0.4 is 0 Å². The topological polar surface area (TPSA) is 55.4 Å². The van der Waals surface area contributed by atoms with Gasteiger partial charge in [0, 0.05) is 11.1 Å². The van der Waals surface area contributed by atoms with Crippen LogP contribution in [-0.4, -0.2) is 33.1 Å². The van der Waals surface area contributed by atoms with E-state index in [0.717, 1.165) is 33.7 Å². The van der Waals surface area contributed by atoms with Crippen LogP contribution in [0.5, 0.6) is 0 Å². The largest absolute Gasteiger partial charge is 0.260 e. The van der Waals surface area contributed by atoms with Crippen LogP contribution in [0, 0.1) is 6.92 Å². The van der Waals surface area contributed by atoms with E-state index in [4.69, 9.17) is 9.98 Å². The van der Waals surface area contributed by atoms with Crippen molar-refractivity contribution in [3.63, 3.8) is 0 Å². The van der Waals surface area contributed by atoms with Crippen molar-refractivity contribution in [2.24, 2.45) is 9.98 Å². The number of hydrogen-bond donors (Lipinski definition) is 0. The predicted octanol–water partition coefficient (Wildman–Crippen LogP) is 5.40. The summed E-state index contributed by atoms with van der Waals surface area (Å²) in [5, 5.41) is 8.90. The number of nitrogens with zero attached hydrogens (tertiary/aromatic N) is 5. The normalized spacial score (nSPS) is 17.6. The molecule has 2 aromatic carbocycles. The quantitative estimate of drug-likeness (QED) is 0.592. The lowest BCUT2D eigenvalue weighted by Crippen LogP contribution is -2.16. The highest BCUT2D eigenvalue weighted by Gasteiger charge is 2.24. The second-order valence-corrected chi connectivity index (χ2v) is 9.67. The van der Waals surface area contributed by atoms with Crippen LogP contribution >= 0.6 is 0 Å². The molecule has 1 aliphatic heterocycles. The van der Waals surface area contributed by atoms with Crippen molar-refractivity contribution in [2.45, 2.75) is 64.8 Å². The molecule has 0 atom stereocenters. The lowest BCUT2D eigenvalue weighted by Gasteiger charge is -2.23. The van der Waals surface area contributed by atoms with Gasteiger partial charge < -0.3 is 0 Å². The molecule has 30 heavy (non-hydrogen) atoms. The van der Waals surface area contributed by atoms with Gasteiger partial charge in [0.2, 0.25) is 0 Å². The maximum Gasteiger partial charge on any atom is 0.155 e. The fourth-order valence-corrected chi connectivity index (χ4v) is 4.66. The van der Waals surface area contributed by atoms with Gasteiger partial charge in [0.25, 0.3) is 0 Å². The fourth-order valence-electron chi connectivity index (χ4n) is 4.66. The van der Waals surface area contributed by atoms with Crippen molar-refractivity contribution in [1.82, 2.24) is 15.0 Å². The summed E-state index contributed by atoms with van der Waals surface area (Å²) >= 11 is 0. The van der Waals surface area contributed by atoms with E-state index in [9.17, 15) is 0 Å². The first kappa shape index (κ1) is 19.2. The highest BCUT2D eigenvalue weighted by Crippen LogP contribution is 2.32. The van der Waals surface area contributed by atoms with Crippen molar-refractivity contribution in [2.75, 3.05) is 6.54 Å². The molecule has 1 fully saturated rings. The standard InChI is InChI=1S/C25H29N5/c1-16-9-11-19(20(13-16)25(2,3)4)24-26-15-22(27-24)17-10-12-23-21(14-17)28-29-30(23)18-7-5-6-8-18/h9-14,18H,5-8,15H2,1-4H3. The Kier molecular flexibility index (Phi) is 4.57. The summed E-state index contributed by atoms with van der Waals surface area (Å²) < 4.78 is 2.12. The average molecular weight is 400 g/mol. The number of aryl methyl sites for hydroxylation is 1. The smallest absolute Gasteiger partial charge is 0.155 e. The number of benzene rings is 2. The molecule has 0 amide bonds. The Morgan fingerprint density at radius 1 is 1.00 bits per heavy atom. The van der Waals surface area contributed by atoms with Gasteiger partial charge in [-0.3, -0.25) is 4.99 Å². The van der Waals surface area contributed by atoms with E-state index >= 15 is 0 Å². The first-order valence-electron chi connectivity index (χ1n) is 11.0. The third kappa shape index (κ3) is 3.36. The zero-order chi connectivity index (χ0) is 20.9. The van der Waals surface area contributed by atoms with Crippen LogP contribution in [0.25, 0.3) is 11.0 Å². The molecule has 5 nitrogen and oxygen atoms in total. The molecule has 0 unspecified atom stereocenters. The van der Waals surface area contributed by atoms with E-state index < -0.39 is 0 Å². The number of hydrogen-bond acceptors (Lipinski definition) is 4. The second kappa shape index (κ2) is 7.15. The fraction of sp³-hybridized carbons (Fsp3) is 0.440. The van der Waals surface area contributed by atoms with Crippen LogP contribution in [0.2, 0.25) is 0 Å². The van der Waals surface area contributed by atoms with Gasteiger partial charge in [-0.2, -0.15) is 0 Å². The highest BCUT2D eigenvalue weighted by atomic mass is 15.4.